The van der Waals surface area contributed by atoms with Crippen LogP contribution in [-0.4, -0.2) is 145 Å². The minimum Gasteiger partial charge on any atom is -0.756 e. The summed E-state index contributed by atoms with van der Waals surface area (Å²) < 4.78 is 35.4. The molecule has 1 unspecified atom stereocenters. The van der Waals surface area contributed by atoms with Crippen molar-refractivity contribution in [2.45, 2.75) is 131 Å². The Kier molecular flexibility index (Phi) is 16.9. The molecule has 1 aromatic carbocycles. The van der Waals surface area contributed by atoms with Crippen molar-refractivity contribution < 1.29 is 143 Å². The molecule has 28 heteroatoms. The number of rotatable bonds is 14. The summed E-state index contributed by atoms with van der Waals surface area (Å²) in [6.45, 7) is -0.855. The van der Waals surface area contributed by atoms with Crippen molar-refractivity contribution >= 4 is 25.5 Å². The van der Waals surface area contributed by atoms with Crippen LogP contribution < -0.4 is 85.9 Å². The number of aliphatic hydroxyl groups excluding tert-OH is 6. The maximum atomic E-state index is 13.6. The molecule has 8 rings (SSSR count). The van der Waals surface area contributed by atoms with Crippen LogP contribution in [0, 0.1) is 17.3 Å². The average molecular weight is 996 g/mol. The fraction of sp³-hybridized carbons (Fsp3) is 0.650. The van der Waals surface area contributed by atoms with E-state index >= 15 is 0 Å². The number of aromatic nitrogens is 5. The number of ether oxygens (including phenoxy) is 2. The molecule has 3 aliphatic carbocycles. The summed E-state index contributed by atoms with van der Waals surface area (Å²) in [4.78, 5) is 55.1. The van der Waals surface area contributed by atoms with Crippen molar-refractivity contribution in [2.24, 2.45) is 17.3 Å². The third-order valence-electron chi connectivity index (χ3n) is 14.4. The van der Waals surface area contributed by atoms with Gasteiger partial charge in [0.1, 0.15) is 72.0 Å². The molecule has 16 atom stereocenters. The normalized spacial score (nSPS) is 35.8. The second kappa shape index (κ2) is 20.9. The Balaban J connectivity index is 0.00000381. The van der Waals surface area contributed by atoms with E-state index in [1.807, 2.05) is 19.1 Å². The molecule has 11 N–H and O–H groups in total. The number of aryl methyl sites for hydroxylation is 1. The van der Waals surface area contributed by atoms with Gasteiger partial charge in [-0.05, 0) is 85.6 Å². The Labute approximate surface area is 431 Å². The van der Waals surface area contributed by atoms with Crippen molar-refractivity contribution in [1.82, 2.24) is 29.9 Å². The number of aromatic hydroxyl groups is 1. The molecule has 2 saturated heterocycles. The van der Waals surface area contributed by atoms with E-state index in [9.17, 15) is 69.8 Å². The molecule has 362 valence electrons. The van der Waals surface area contributed by atoms with Crippen LogP contribution in [0.4, 0.5) is 5.82 Å². The van der Waals surface area contributed by atoms with Gasteiger partial charge in [-0.15, -0.1) is 5.10 Å². The van der Waals surface area contributed by atoms with Crippen LogP contribution in [0.25, 0.3) is 0 Å². The van der Waals surface area contributed by atoms with Gasteiger partial charge in [-0.2, -0.15) is 4.98 Å². The van der Waals surface area contributed by atoms with Crippen molar-refractivity contribution in [3.63, 3.8) is 0 Å². The number of anilines is 1. The van der Waals surface area contributed by atoms with Crippen LogP contribution in [0.15, 0.2) is 41.5 Å². The van der Waals surface area contributed by atoms with Crippen LogP contribution >= 0.6 is 7.82 Å². The number of hydrogen-bond acceptors (Lipinski definition) is 22. The van der Waals surface area contributed by atoms with Gasteiger partial charge < -0.3 is 80.7 Å². The van der Waals surface area contributed by atoms with Crippen LogP contribution in [0.5, 0.6) is 5.75 Å². The second-order valence-electron chi connectivity index (χ2n) is 18.1. The number of aliphatic hydroxyl groups is 7. The first kappa shape index (κ1) is 54.9. The molecule has 2 aliphatic heterocycles. The van der Waals surface area contributed by atoms with E-state index in [1.165, 1.54) is 17.8 Å². The predicted octanol–water partition coefficient (Wildman–Crippen LogP) is -10.5. The van der Waals surface area contributed by atoms with E-state index in [2.05, 4.69) is 20.6 Å². The van der Waals surface area contributed by atoms with Gasteiger partial charge in [-0.1, -0.05) is 18.2 Å². The Morgan fingerprint density at radius 1 is 1.12 bits per heavy atom. The Morgan fingerprint density at radius 3 is 2.54 bits per heavy atom. The van der Waals surface area contributed by atoms with Gasteiger partial charge in [0, 0.05) is 18.0 Å². The molecule has 25 nitrogen and oxygen atoms in total. The van der Waals surface area contributed by atoms with Crippen molar-refractivity contribution in [3.8, 4) is 5.75 Å². The molecular weight excluding hydrogens is 943 g/mol. The zero-order chi connectivity index (χ0) is 47.7. The van der Waals surface area contributed by atoms with Crippen LogP contribution in [0.3, 0.4) is 0 Å². The Morgan fingerprint density at radius 2 is 1.85 bits per heavy atom. The number of carboxylic acids is 1. The number of nitrogen functional groups attached to an aromatic ring is 1. The largest absolute Gasteiger partial charge is 1.00 e. The van der Waals surface area contributed by atoms with Gasteiger partial charge in [0.25, 0.3) is 7.82 Å². The number of hydrogen-bond donors (Lipinski definition) is 10. The van der Waals surface area contributed by atoms with E-state index in [1.54, 1.807) is 6.07 Å². The molecular formula is C40H52N7Na2O18P. The average Bonchev–Trinajstić information content (AvgIpc) is 3.93. The number of nitrogens with one attached hydrogen (secondary N) is 1. The van der Waals surface area contributed by atoms with Crippen molar-refractivity contribution in [1.29, 1.82) is 0 Å². The molecule has 4 fully saturated rings. The molecule has 4 heterocycles. The number of phenolic OH excluding ortho intramolecular Hbond substituents is 1. The zero-order valence-electron chi connectivity index (χ0n) is 37.4. The third kappa shape index (κ3) is 10.1. The molecule has 5 aliphatic rings. The molecule has 68 heavy (non-hydrogen) atoms. The summed E-state index contributed by atoms with van der Waals surface area (Å²) in [5.74, 6) is -6.09. The first-order valence-corrected chi connectivity index (χ1v) is 22.9. The van der Waals surface area contributed by atoms with Crippen molar-refractivity contribution in [3.05, 3.63) is 64.0 Å². The molecule has 1 amide bonds. The number of amides is 1. The van der Waals surface area contributed by atoms with E-state index in [4.69, 9.17) is 24.3 Å². The van der Waals surface area contributed by atoms with Gasteiger partial charge in [-0.25, -0.2) is 9.48 Å². The number of nitrogens with two attached hydrogens (primary N) is 1. The van der Waals surface area contributed by atoms with Crippen LogP contribution in [0.2, 0.25) is 0 Å². The monoisotopic (exact) mass is 995 g/mol. The first-order chi connectivity index (χ1) is 31.1. The van der Waals surface area contributed by atoms with E-state index in [0.717, 1.165) is 46.7 Å². The summed E-state index contributed by atoms with van der Waals surface area (Å²) in [5.41, 5.74) is 5.09. The minimum absolute atomic E-state index is 0. The first-order valence-electron chi connectivity index (χ1n) is 21.4. The van der Waals surface area contributed by atoms with Gasteiger partial charge in [0.05, 0.1) is 31.6 Å². The Bertz CT molecular complexity index is 2440. The van der Waals surface area contributed by atoms with Gasteiger partial charge >= 0.3 is 64.8 Å². The number of phosphoric ester groups is 1. The Hall–Kier alpha value is -2.47. The molecule has 0 spiro atoms. The van der Waals surface area contributed by atoms with Gasteiger partial charge in [0.15, 0.2) is 6.23 Å². The maximum Gasteiger partial charge on any atom is 1.00 e. The maximum absolute atomic E-state index is 13.6. The van der Waals surface area contributed by atoms with E-state index < -0.39 is 123 Å². The number of nitrogens with zero attached hydrogens (tertiary/aromatic N) is 5. The molecule has 2 saturated carbocycles. The summed E-state index contributed by atoms with van der Waals surface area (Å²) in [6.07, 6.45) is -10.3. The number of benzene rings is 1. The quantitative estimate of drug-likeness (QED) is 0.0529. The van der Waals surface area contributed by atoms with Gasteiger partial charge in [0.2, 0.25) is 11.7 Å². The van der Waals surface area contributed by atoms with Gasteiger partial charge in [-0.3, -0.25) is 18.5 Å². The SMILES string of the molecule is C[C@]12CC[C@@H]3c4ccc(O)cc4CC[C@H]3[C@@H]1CC[C@@]2(O)c1cn(CC(=O)N[C@H]2[C@H]([C@H](O)[C@H](O)CO)O[C@](OP(=O)([O-])OC[C@H]3O[C@@H](n4ccc(N)nc4=O)[C@H](O)[C@@H]3O)(C(=O)[O-])C[C@@H]2O)nn1.[Na+].[Na+]. The van der Waals surface area contributed by atoms with E-state index in [0.29, 0.717) is 18.8 Å². The fourth-order valence-corrected chi connectivity index (χ4v) is 12.0. The predicted molar refractivity (Wildman–Crippen MR) is 214 cm³/mol. The number of phenols is 1. The topological polar surface area (TPSA) is 400 Å². The summed E-state index contributed by atoms with van der Waals surface area (Å²) in [7, 11) is -5.95. The zero-order valence-corrected chi connectivity index (χ0v) is 42.3. The summed E-state index contributed by atoms with van der Waals surface area (Å²) in [5, 5.41) is 109. The summed E-state index contributed by atoms with van der Waals surface area (Å²) in [6, 6.07) is 4.89. The molecule has 0 radical (unpaired) electrons. The fourth-order valence-electron chi connectivity index (χ4n) is 11.0. The second-order valence-corrected chi connectivity index (χ2v) is 19.4. The number of phosphoric acid groups is 1. The number of carbonyl (C=O) groups is 2. The number of carbonyl (C=O) groups excluding carboxylic acids is 2. The number of fused-ring (bicyclic) bond motifs is 5. The third-order valence-corrected chi connectivity index (χ3v) is 15.4. The molecule has 3 aromatic rings. The summed E-state index contributed by atoms with van der Waals surface area (Å²) >= 11 is 0. The minimum atomic E-state index is -5.95. The number of carboxylic acid groups (broad SMARTS) is 1. The van der Waals surface area contributed by atoms with Crippen LogP contribution in [-0.2, 0) is 51.2 Å². The van der Waals surface area contributed by atoms with Crippen LogP contribution in [0.1, 0.15) is 74.4 Å². The number of aliphatic carboxylic acids is 1. The standard InChI is InChI=1S/C40H54N7O18P.2Na/c1-38-9-6-21-20-5-3-19(49)12-18(20)2-4-22(21)23(38)7-10-39(38,59)27-14-46(45-44-27)15-29(52)43-30-24(50)13-40(36(56)57,64-34(30)31(53)25(51)16-48)65-66(60,61)62-17-26-32(54)33(55)35(63-26)47-11-8-28(41)42-37(47)58;;/h3,5,8,11-12,14,21-26,30-35,48-51,53-55,59H,2,4,6-7,9-10,13,15-17H2,1H3,(H,43,52)(H,56,57)(H,60,61)(H2,41,42,58);;/q;2*+1/p-2/t21-,22-,23+,24+,25-,26-,30-,31-,32-,33-,34-,35-,38+,39-,40-;;/m1../s1. The smallest absolute Gasteiger partial charge is 0.756 e. The molecule has 2 aromatic heterocycles. The molecule has 0 bridgehead atoms. The van der Waals surface area contributed by atoms with E-state index in [-0.39, 0.29) is 88.2 Å². The van der Waals surface area contributed by atoms with Crippen molar-refractivity contribution in [2.75, 3.05) is 18.9 Å².